The molecule has 0 amide bonds. The number of pyridine rings is 1. The number of carbonyl (C=O) groups is 1. The summed E-state index contributed by atoms with van der Waals surface area (Å²) >= 11 is 3.43. The molecule has 0 aliphatic carbocycles. The van der Waals surface area contributed by atoms with Crippen molar-refractivity contribution in [1.29, 1.82) is 0 Å². The SMILES string of the molecule is O=Cc1ccc(-c2cn3cc(Br)ccc3n2)cc1. The fourth-order valence-electron chi connectivity index (χ4n) is 1.84. The summed E-state index contributed by atoms with van der Waals surface area (Å²) in [7, 11) is 0. The minimum atomic E-state index is 0.672. The zero-order valence-electron chi connectivity index (χ0n) is 9.38. The monoisotopic (exact) mass is 300 g/mol. The number of carbonyl (C=O) groups excluding carboxylic acids is 1. The molecule has 2 aromatic heterocycles. The zero-order valence-corrected chi connectivity index (χ0v) is 11.0. The highest BCUT2D eigenvalue weighted by Gasteiger charge is 2.04. The molecule has 0 fully saturated rings. The highest BCUT2D eigenvalue weighted by Crippen LogP contribution is 2.20. The number of halogens is 1. The molecular weight excluding hydrogens is 292 g/mol. The van der Waals surface area contributed by atoms with Crippen molar-refractivity contribution in [1.82, 2.24) is 9.38 Å². The highest BCUT2D eigenvalue weighted by molar-refractivity contribution is 9.10. The van der Waals surface area contributed by atoms with Gasteiger partial charge in [0.2, 0.25) is 0 Å². The lowest BCUT2D eigenvalue weighted by Gasteiger charge is -1.95. The van der Waals surface area contributed by atoms with Gasteiger partial charge in [0.05, 0.1) is 5.69 Å². The number of imidazole rings is 1. The lowest BCUT2D eigenvalue weighted by molar-refractivity contribution is 0.112. The van der Waals surface area contributed by atoms with Gasteiger partial charge in [-0.1, -0.05) is 24.3 Å². The molecule has 0 saturated heterocycles. The fourth-order valence-corrected chi connectivity index (χ4v) is 2.19. The van der Waals surface area contributed by atoms with E-state index in [9.17, 15) is 4.79 Å². The standard InChI is InChI=1S/C14H9BrN2O/c15-12-5-6-14-16-13(8-17(14)7-12)11-3-1-10(9-18)2-4-11/h1-9H. The molecule has 0 unspecified atom stereocenters. The molecule has 0 saturated carbocycles. The Labute approximate surface area is 112 Å². The van der Waals surface area contributed by atoms with E-state index < -0.39 is 0 Å². The number of aldehydes is 1. The fraction of sp³-hybridized carbons (Fsp3) is 0. The number of aromatic nitrogens is 2. The number of hydrogen-bond acceptors (Lipinski definition) is 2. The zero-order chi connectivity index (χ0) is 12.5. The molecular formula is C14H9BrN2O. The summed E-state index contributed by atoms with van der Waals surface area (Å²) in [5.74, 6) is 0. The van der Waals surface area contributed by atoms with Gasteiger partial charge in [0.15, 0.2) is 0 Å². The minimum absolute atomic E-state index is 0.672. The third-order valence-corrected chi connectivity index (χ3v) is 3.23. The van der Waals surface area contributed by atoms with Gasteiger partial charge in [-0.3, -0.25) is 4.79 Å². The van der Waals surface area contributed by atoms with Crippen molar-refractivity contribution >= 4 is 27.9 Å². The maximum Gasteiger partial charge on any atom is 0.150 e. The predicted octanol–water partition coefficient (Wildman–Crippen LogP) is 3.58. The molecule has 3 nitrogen and oxygen atoms in total. The summed E-state index contributed by atoms with van der Waals surface area (Å²) in [6, 6.07) is 11.3. The van der Waals surface area contributed by atoms with E-state index in [0.29, 0.717) is 5.56 Å². The molecule has 0 spiro atoms. The molecule has 3 aromatic rings. The van der Waals surface area contributed by atoms with Crippen molar-refractivity contribution in [2.45, 2.75) is 0 Å². The second-order valence-corrected chi connectivity index (χ2v) is 4.89. The van der Waals surface area contributed by atoms with Crippen molar-refractivity contribution in [2.75, 3.05) is 0 Å². The first kappa shape index (κ1) is 11.2. The largest absolute Gasteiger partial charge is 0.305 e. The summed E-state index contributed by atoms with van der Waals surface area (Å²) in [6.07, 6.45) is 4.77. The van der Waals surface area contributed by atoms with Crippen molar-refractivity contribution in [2.24, 2.45) is 0 Å². The summed E-state index contributed by atoms with van der Waals surface area (Å²) < 4.78 is 2.97. The van der Waals surface area contributed by atoms with E-state index in [1.807, 2.05) is 41.1 Å². The molecule has 3 rings (SSSR count). The van der Waals surface area contributed by atoms with Crippen LogP contribution in [0.5, 0.6) is 0 Å². The average Bonchev–Trinajstić information content (AvgIpc) is 2.81. The Balaban J connectivity index is 2.10. The van der Waals surface area contributed by atoms with Crippen LogP contribution in [-0.4, -0.2) is 15.7 Å². The van der Waals surface area contributed by atoms with Crippen LogP contribution in [0, 0.1) is 0 Å². The average molecular weight is 301 g/mol. The van der Waals surface area contributed by atoms with Crippen LogP contribution in [0.4, 0.5) is 0 Å². The van der Waals surface area contributed by atoms with E-state index in [2.05, 4.69) is 20.9 Å². The Kier molecular flexibility index (Phi) is 2.72. The summed E-state index contributed by atoms with van der Waals surface area (Å²) in [5.41, 5.74) is 3.46. The van der Waals surface area contributed by atoms with Gasteiger partial charge < -0.3 is 4.40 Å². The number of benzene rings is 1. The molecule has 2 heterocycles. The van der Waals surface area contributed by atoms with E-state index in [1.165, 1.54) is 0 Å². The predicted molar refractivity (Wildman–Crippen MR) is 73.7 cm³/mol. The first-order chi connectivity index (χ1) is 8.76. The topological polar surface area (TPSA) is 34.4 Å². The highest BCUT2D eigenvalue weighted by atomic mass is 79.9. The molecule has 0 aliphatic rings. The molecule has 0 N–H and O–H groups in total. The van der Waals surface area contributed by atoms with Gasteiger partial charge in [-0.15, -0.1) is 0 Å². The summed E-state index contributed by atoms with van der Waals surface area (Å²) in [4.78, 5) is 15.1. The molecule has 0 aliphatic heterocycles. The Morgan fingerprint density at radius 2 is 1.83 bits per heavy atom. The third kappa shape index (κ3) is 1.95. The van der Waals surface area contributed by atoms with Crippen LogP contribution in [0.15, 0.2) is 53.3 Å². The van der Waals surface area contributed by atoms with Gasteiger partial charge in [0, 0.05) is 28.0 Å². The lowest BCUT2D eigenvalue weighted by atomic mass is 10.1. The molecule has 0 atom stereocenters. The number of fused-ring (bicyclic) bond motifs is 1. The Morgan fingerprint density at radius 3 is 2.56 bits per heavy atom. The van der Waals surface area contributed by atoms with E-state index in [1.54, 1.807) is 12.1 Å². The van der Waals surface area contributed by atoms with E-state index in [4.69, 9.17) is 0 Å². The van der Waals surface area contributed by atoms with E-state index in [0.717, 1.165) is 27.7 Å². The number of nitrogens with zero attached hydrogens (tertiary/aromatic N) is 2. The van der Waals surface area contributed by atoms with Crippen molar-refractivity contribution in [3.8, 4) is 11.3 Å². The van der Waals surface area contributed by atoms with Crippen molar-refractivity contribution < 1.29 is 4.79 Å². The van der Waals surface area contributed by atoms with Crippen LogP contribution < -0.4 is 0 Å². The molecule has 88 valence electrons. The number of hydrogen-bond donors (Lipinski definition) is 0. The first-order valence-electron chi connectivity index (χ1n) is 5.46. The van der Waals surface area contributed by atoms with Gasteiger partial charge in [-0.2, -0.15) is 0 Å². The van der Waals surface area contributed by atoms with Crippen LogP contribution in [0.1, 0.15) is 10.4 Å². The van der Waals surface area contributed by atoms with Crippen LogP contribution in [0.3, 0.4) is 0 Å². The Bertz CT molecular complexity index is 716. The first-order valence-corrected chi connectivity index (χ1v) is 6.25. The number of rotatable bonds is 2. The van der Waals surface area contributed by atoms with Gasteiger partial charge in [-0.05, 0) is 28.1 Å². The minimum Gasteiger partial charge on any atom is -0.305 e. The Hall–Kier alpha value is -1.94. The second-order valence-electron chi connectivity index (χ2n) is 3.98. The molecule has 0 bridgehead atoms. The van der Waals surface area contributed by atoms with Crippen LogP contribution in [0.2, 0.25) is 0 Å². The van der Waals surface area contributed by atoms with Crippen molar-refractivity contribution in [3.05, 3.63) is 58.8 Å². The molecule has 0 radical (unpaired) electrons. The Morgan fingerprint density at radius 1 is 1.06 bits per heavy atom. The van der Waals surface area contributed by atoms with Crippen molar-refractivity contribution in [3.63, 3.8) is 0 Å². The molecule has 4 heteroatoms. The van der Waals surface area contributed by atoms with Gasteiger partial charge in [-0.25, -0.2) is 4.98 Å². The van der Waals surface area contributed by atoms with Crippen LogP contribution in [0.25, 0.3) is 16.9 Å². The maximum atomic E-state index is 10.6. The third-order valence-electron chi connectivity index (χ3n) is 2.76. The quantitative estimate of drug-likeness (QED) is 0.678. The second kappa shape index (κ2) is 4.38. The smallest absolute Gasteiger partial charge is 0.150 e. The van der Waals surface area contributed by atoms with E-state index >= 15 is 0 Å². The lowest BCUT2D eigenvalue weighted by Crippen LogP contribution is -1.80. The van der Waals surface area contributed by atoms with Gasteiger partial charge >= 0.3 is 0 Å². The normalized spacial score (nSPS) is 10.7. The summed E-state index contributed by atoms with van der Waals surface area (Å²) in [5, 5.41) is 0. The van der Waals surface area contributed by atoms with Crippen LogP contribution in [-0.2, 0) is 0 Å². The molecule has 18 heavy (non-hydrogen) atoms. The van der Waals surface area contributed by atoms with Gasteiger partial charge in [0.25, 0.3) is 0 Å². The van der Waals surface area contributed by atoms with Crippen LogP contribution >= 0.6 is 15.9 Å². The molecule has 1 aromatic carbocycles. The van der Waals surface area contributed by atoms with Gasteiger partial charge in [0.1, 0.15) is 11.9 Å². The van der Waals surface area contributed by atoms with E-state index in [-0.39, 0.29) is 0 Å². The maximum absolute atomic E-state index is 10.6. The summed E-state index contributed by atoms with van der Waals surface area (Å²) in [6.45, 7) is 0.